The molecule has 1 aromatic heterocycles. The van der Waals surface area contributed by atoms with Gasteiger partial charge in [-0.15, -0.1) is 0 Å². The van der Waals surface area contributed by atoms with Crippen molar-refractivity contribution in [2.75, 3.05) is 25.5 Å². The van der Waals surface area contributed by atoms with E-state index in [-0.39, 0.29) is 22.9 Å². The summed E-state index contributed by atoms with van der Waals surface area (Å²) in [5, 5.41) is 7.63. The number of alkyl carbamates (subject to hydrolysis) is 1. The summed E-state index contributed by atoms with van der Waals surface area (Å²) in [5.41, 5.74) is -0.671. The van der Waals surface area contributed by atoms with Gasteiger partial charge in [0.2, 0.25) is 0 Å². The number of urea groups is 1. The van der Waals surface area contributed by atoms with Crippen molar-refractivity contribution in [1.82, 2.24) is 20.5 Å². The number of fused-ring (bicyclic) bond motifs is 1. The van der Waals surface area contributed by atoms with Gasteiger partial charge in [-0.25, -0.2) is 36.9 Å². The van der Waals surface area contributed by atoms with Crippen LogP contribution in [0.3, 0.4) is 0 Å². The monoisotopic (exact) mass is 641 g/mol. The SMILES string of the molecule is CN(C(=O)NCc1cccc(F)c1Cl)[C@H](COC(=O)Nc1cc2cc(F)ccc2cn1)CC(F)(F)CNC(=O)OC(C)(C)C. The van der Waals surface area contributed by atoms with Gasteiger partial charge in [0.25, 0.3) is 5.92 Å². The van der Waals surface area contributed by atoms with E-state index in [9.17, 15) is 23.2 Å². The van der Waals surface area contributed by atoms with E-state index in [0.29, 0.717) is 10.8 Å². The maximum Gasteiger partial charge on any atom is 0.412 e. The lowest BCUT2D eigenvalue weighted by Crippen LogP contribution is -2.50. The van der Waals surface area contributed by atoms with Crippen LogP contribution in [-0.2, 0) is 16.0 Å². The fourth-order valence-electron chi connectivity index (χ4n) is 3.88. The number of aromatic nitrogens is 1. The van der Waals surface area contributed by atoms with Crippen LogP contribution in [0.15, 0.2) is 48.7 Å². The number of hydrogen-bond acceptors (Lipinski definition) is 6. The topological polar surface area (TPSA) is 122 Å². The predicted molar refractivity (Wildman–Crippen MR) is 156 cm³/mol. The number of halogens is 5. The van der Waals surface area contributed by atoms with E-state index in [1.807, 2.05) is 5.32 Å². The molecule has 238 valence electrons. The van der Waals surface area contributed by atoms with Gasteiger partial charge in [0.1, 0.15) is 29.7 Å². The molecule has 1 atom stereocenters. The van der Waals surface area contributed by atoms with Crippen LogP contribution < -0.4 is 16.0 Å². The molecule has 0 fully saturated rings. The third-order valence-corrected chi connectivity index (χ3v) is 6.50. The number of carbonyl (C=O) groups excluding carboxylic acids is 3. The Morgan fingerprint density at radius 3 is 2.45 bits per heavy atom. The lowest BCUT2D eigenvalue weighted by Gasteiger charge is -2.31. The van der Waals surface area contributed by atoms with Crippen molar-refractivity contribution in [2.45, 2.75) is 51.3 Å². The minimum atomic E-state index is -3.58. The highest BCUT2D eigenvalue weighted by molar-refractivity contribution is 6.31. The summed E-state index contributed by atoms with van der Waals surface area (Å²) in [6, 6.07) is 7.13. The number of pyridine rings is 1. The largest absolute Gasteiger partial charge is 0.447 e. The Labute approximate surface area is 256 Å². The van der Waals surface area contributed by atoms with E-state index >= 15 is 8.78 Å². The number of likely N-dealkylation sites (N-methyl/N-ethyl adjacent to an activating group) is 1. The first-order chi connectivity index (χ1) is 20.5. The Bertz CT molecular complexity index is 1500. The summed E-state index contributed by atoms with van der Waals surface area (Å²) >= 11 is 5.93. The molecule has 0 unspecified atom stereocenters. The fourth-order valence-corrected chi connectivity index (χ4v) is 4.07. The molecule has 3 rings (SSSR count). The van der Waals surface area contributed by atoms with Gasteiger partial charge in [-0.1, -0.05) is 23.7 Å². The standard InChI is InChI=1S/C29H32ClF4N5O5/c1-28(2,3)44-26(41)37-16-29(33,34)12-21(39(4)25(40)36-14-18-6-5-7-22(32)24(18)30)15-43-27(42)38-23-11-19-10-20(31)9-8-17(19)13-35-23/h5-11,13,21H,12,14-16H2,1-4H3,(H,36,40)(H,37,41)(H,35,38,42)/t21-/m0/s1. The molecule has 0 radical (unpaired) electrons. The molecule has 1 heterocycles. The van der Waals surface area contributed by atoms with Crippen LogP contribution in [0.4, 0.5) is 37.8 Å². The van der Waals surface area contributed by atoms with E-state index in [1.165, 1.54) is 49.6 Å². The van der Waals surface area contributed by atoms with Crippen LogP contribution in [0, 0.1) is 11.6 Å². The van der Waals surface area contributed by atoms with Gasteiger partial charge in [0.15, 0.2) is 0 Å². The van der Waals surface area contributed by atoms with Crippen LogP contribution in [-0.4, -0.2) is 65.9 Å². The second-order valence-corrected chi connectivity index (χ2v) is 11.2. The third-order valence-electron chi connectivity index (χ3n) is 6.07. The van der Waals surface area contributed by atoms with Gasteiger partial charge in [0.05, 0.1) is 17.6 Å². The molecule has 0 aliphatic rings. The van der Waals surface area contributed by atoms with E-state index in [1.54, 1.807) is 20.8 Å². The maximum absolute atomic E-state index is 15.0. The van der Waals surface area contributed by atoms with E-state index < -0.39 is 67.0 Å². The molecular weight excluding hydrogens is 610 g/mol. The molecule has 44 heavy (non-hydrogen) atoms. The molecule has 3 aromatic rings. The zero-order valence-electron chi connectivity index (χ0n) is 24.4. The molecule has 0 spiro atoms. The number of carbonyl (C=O) groups is 3. The number of nitrogens with one attached hydrogen (secondary N) is 3. The second kappa shape index (κ2) is 14.4. The molecule has 0 aliphatic heterocycles. The lowest BCUT2D eigenvalue weighted by molar-refractivity contribution is -0.0351. The van der Waals surface area contributed by atoms with Gasteiger partial charge in [-0.3, -0.25) is 5.32 Å². The average molecular weight is 642 g/mol. The summed E-state index contributed by atoms with van der Waals surface area (Å²) in [4.78, 5) is 42.3. The van der Waals surface area contributed by atoms with Crippen LogP contribution in [0.25, 0.3) is 10.8 Å². The summed E-state index contributed by atoms with van der Waals surface area (Å²) in [6.45, 7) is 2.66. The van der Waals surface area contributed by atoms with Crippen LogP contribution in [0.1, 0.15) is 32.8 Å². The summed E-state index contributed by atoms with van der Waals surface area (Å²) < 4.78 is 67.5. The molecule has 3 N–H and O–H groups in total. The Morgan fingerprint density at radius 2 is 1.75 bits per heavy atom. The smallest absolute Gasteiger partial charge is 0.412 e. The molecule has 0 saturated heterocycles. The first kappa shape index (κ1) is 34.2. The fraction of sp³-hybridized carbons (Fsp3) is 0.379. The lowest BCUT2D eigenvalue weighted by atomic mass is 10.1. The summed E-state index contributed by atoms with van der Waals surface area (Å²) in [7, 11) is 1.20. The highest BCUT2D eigenvalue weighted by Gasteiger charge is 2.37. The van der Waals surface area contributed by atoms with Gasteiger partial charge < -0.3 is 25.0 Å². The molecule has 2 aromatic carbocycles. The van der Waals surface area contributed by atoms with Crippen molar-refractivity contribution in [3.8, 4) is 0 Å². The van der Waals surface area contributed by atoms with Gasteiger partial charge >= 0.3 is 18.2 Å². The van der Waals surface area contributed by atoms with Gasteiger partial charge in [0, 0.05) is 31.6 Å². The van der Waals surface area contributed by atoms with E-state index in [0.717, 1.165) is 11.0 Å². The number of alkyl halides is 2. The van der Waals surface area contributed by atoms with E-state index in [2.05, 4.69) is 15.6 Å². The number of benzene rings is 2. The first-order valence-electron chi connectivity index (χ1n) is 13.3. The molecular formula is C29H32ClF4N5O5. The van der Waals surface area contributed by atoms with Crippen LogP contribution >= 0.6 is 11.6 Å². The Kier molecular flexibility index (Phi) is 11.2. The molecule has 0 bridgehead atoms. The van der Waals surface area contributed by atoms with Crippen molar-refractivity contribution in [1.29, 1.82) is 0 Å². The second-order valence-electron chi connectivity index (χ2n) is 10.8. The number of hydrogen-bond donors (Lipinski definition) is 3. The summed E-state index contributed by atoms with van der Waals surface area (Å²) in [5.74, 6) is -4.77. The Hall–Kier alpha value is -4.33. The molecule has 15 heteroatoms. The maximum atomic E-state index is 15.0. The number of amides is 4. The van der Waals surface area contributed by atoms with Crippen molar-refractivity contribution in [3.63, 3.8) is 0 Å². The quantitative estimate of drug-likeness (QED) is 0.218. The number of rotatable bonds is 10. The van der Waals surface area contributed by atoms with Crippen LogP contribution in [0.5, 0.6) is 0 Å². The first-order valence-corrected chi connectivity index (χ1v) is 13.7. The highest BCUT2D eigenvalue weighted by Crippen LogP contribution is 2.24. The zero-order valence-corrected chi connectivity index (χ0v) is 25.1. The van der Waals surface area contributed by atoms with Crippen molar-refractivity contribution in [3.05, 3.63) is 70.9 Å². The van der Waals surface area contributed by atoms with E-state index in [4.69, 9.17) is 21.1 Å². The van der Waals surface area contributed by atoms with Crippen molar-refractivity contribution >= 4 is 46.4 Å². The number of nitrogens with zero attached hydrogens (tertiary/aromatic N) is 2. The minimum absolute atomic E-state index is 0.00890. The Morgan fingerprint density at radius 1 is 1.02 bits per heavy atom. The number of ether oxygens (including phenoxy) is 2. The summed E-state index contributed by atoms with van der Waals surface area (Å²) in [6.07, 6.45) is -1.78. The molecule has 4 amide bonds. The van der Waals surface area contributed by atoms with Crippen LogP contribution in [0.2, 0.25) is 5.02 Å². The normalized spacial score (nSPS) is 12.3. The van der Waals surface area contributed by atoms with Crippen molar-refractivity contribution in [2.24, 2.45) is 0 Å². The van der Waals surface area contributed by atoms with Gasteiger partial charge in [-0.2, -0.15) is 0 Å². The number of anilines is 1. The third kappa shape index (κ3) is 10.4. The molecule has 0 aliphatic carbocycles. The predicted octanol–water partition coefficient (Wildman–Crippen LogP) is 6.48. The molecule has 10 nitrogen and oxygen atoms in total. The minimum Gasteiger partial charge on any atom is -0.447 e. The average Bonchev–Trinajstić information content (AvgIpc) is 2.93. The van der Waals surface area contributed by atoms with Gasteiger partial charge in [-0.05, 0) is 62.1 Å². The Balaban J connectivity index is 1.69. The molecule has 0 saturated carbocycles. The highest BCUT2D eigenvalue weighted by atomic mass is 35.5. The zero-order chi connectivity index (χ0) is 32.7. The van der Waals surface area contributed by atoms with Crippen molar-refractivity contribution < 1.29 is 41.4 Å².